The Balaban J connectivity index is 2.04. The maximum absolute atomic E-state index is 13.8. The molecule has 0 amide bonds. The molecule has 2 rings (SSSR count). The summed E-state index contributed by atoms with van der Waals surface area (Å²) in [7, 11) is 0. The Morgan fingerprint density at radius 2 is 1.76 bits per heavy atom. The smallest absolute Gasteiger partial charge is 0.184 e. The van der Waals surface area contributed by atoms with Gasteiger partial charge >= 0.3 is 0 Å². The van der Waals surface area contributed by atoms with Gasteiger partial charge in [-0.05, 0) is 50.6 Å². The van der Waals surface area contributed by atoms with Gasteiger partial charge in [-0.15, -0.1) is 0 Å². The number of hydrogen-bond acceptors (Lipinski definition) is 2. The summed E-state index contributed by atoms with van der Waals surface area (Å²) in [4.78, 5) is 0. The summed E-state index contributed by atoms with van der Waals surface area (Å²) in [6.45, 7) is 7.13. The molecule has 0 spiro atoms. The molecule has 0 aromatic heterocycles. The van der Waals surface area contributed by atoms with Crippen molar-refractivity contribution >= 4 is 11.6 Å². The monoisotopic (exact) mass is 307 g/mol. The fraction of sp³-hybridized carbons (Fsp3) is 0.294. The van der Waals surface area contributed by atoms with Gasteiger partial charge in [0.1, 0.15) is 5.75 Å². The van der Waals surface area contributed by atoms with E-state index in [0.717, 1.165) is 12.1 Å². The minimum absolute atomic E-state index is 0.0542. The number of ether oxygens (including phenoxy) is 1. The zero-order valence-electron chi connectivity index (χ0n) is 12.4. The quantitative estimate of drug-likeness (QED) is 0.842. The number of halogens is 2. The van der Waals surface area contributed by atoms with Gasteiger partial charge in [0.2, 0.25) is 0 Å². The molecule has 2 aromatic carbocycles. The molecule has 4 heteroatoms. The highest BCUT2D eigenvalue weighted by Gasteiger charge is 2.10. The van der Waals surface area contributed by atoms with Crippen LogP contribution in [0, 0.1) is 5.82 Å². The zero-order chi connectivity index (χ0) is 15.5. The van der Waals surface area contributed by atoms with E-state index in [0.29, 0.717) is 5.75 Å². The van der Waals surface area contributed by atoms with Crippen molar-refractivity contribution in [1.82, 2.24) is 5.32 Å². The number of rotatable bonds is 4. The lowest BCUT2D eigenvalue weighted by molar-refractivity contribution is 0.423. The van der Waals surface area contributed by atoms with Gasteiger partial charge in [0.05, 0.1) is 5.02 Å². The third-order valence-corrected chi connectivity index (χ3v) is 3.18. The van der Waals surface area contributed by atoms with Gasteiger partial charge in [-0.2, -0.15) is 0 Å². The molecule has 0 heterocycles. The van der Waals surface area contributed by atoms with Crippen molar-refractivity contribution in [3.63, 3.8) is 0 Å². The Morgan fingerprint density at radius 3 is 2.38 bits per heavy atom. The van der Waals surface area contributed by atoms with Gasteiger partial charge in [0, 0.05) is 12.1 Å². The van der Waals surface area contributed by atoms with Crippen LogP contribution in [0.15, 0.2) is 42.5 Å². The van der Waals surface area contributed by atoms with E-state index in [9.17, 15) is 4.39 Å². The van der Waals surface area contributed by atoms with Crippen LogP contribution in [0.25, 0.3) is 0 Å². The largest absolute Gasteiger partial charge is 0.454 e. The summed E-state index contributed by atoms with van der Waals surface area (Å²) in [6, 6.07) is 12.2. The molecule has 0 saturated carbocycles. The second-order valence-corrected chi connectivity index (χ2v) is 6.31. The van der Waals surface area contributed by atoms with Crippen molar-refractivity contribution in [2.75, 3.05) is 0 Å². The van der Waals surface area contributed by atoms with Crippen molar-refractivity contribution < 1.29 is 9.13 Å². The van der Waals surface area contributed by atoms with Crippen molar-refractivity contribution in [3.8, 4) is 11.5 Å². The summed E-state index contributed by atoms with van der Waals surface area (Å²) < 4.78 is 19.3. The average molecular weight is 308 g/mol. The average Bonchev–Trinajstić information content (AvgIpc) is 2.42. The minimum Gasteiger partial charge on any atom is -0.454 e. The van der Waals surface area contributed by atoms with E-state index in [1.165, 1.54) is 6.07 Å². The molecule has 1 N–H and O–H groups in total. The van der Waals surface area contributed by atoms with E-state index in [2.05, 4.69) is 26.1 Å². The molecule has 0 atom stereocenters. The summed E-state index contributed by atoms with van der Waals surface area (Å²) in [6.07, 6.45) is 0. The molecule has 21 heavy (non-hydrogen) atoms. The van der Waals surface area contributed by atoms with E-state index in [-0.39, 0.29) is 16.3 Å². The molecule has 0 bridgehead atoms. The summed E-state index contributed by atoms with van der Waals surface area (Å²) in [5.74, 6) is 0.163. The van der Waals surface area contributed by atoms with Crippen LogP contribution in [0.2, 0.25) is 5.02 Å². The maximum Gasteiger partial charge on any atom is 0.184 e. The molecule has 0 aliphatic heterocycles. The first kappa shape index (κ1) is 15.8. The second-order valence-electron chi connectivity index (χ2n) is 5.90. The van der Waals surface area contributed by atoms with Crippen LogP contribution in [0.3, 0.4) is 0 Å². The van der Waals surface area contributed by atoms with Gasteiger partial charge in [-0.3, -0.25) is 0 Å². The Bertz CT molecular complexity index is 605. The molecule has 112 valence electrons. The van der Waals surface area contributed by atoms with E-state index in [1.807, 2.05) is 24.3 Å². The van der Waals surface area contributed by atoms with Crippen LogP contribution < -0.4 is 10.1 Å². The Labute approximate surface area is 129 Å². The summed E-state index contributed by atoms with van der Waals surface area (Å²) in [5, 5.41) is 3.46. The third-order valence-electron chi connectivity index (χ3n) is 2.89. The predicted molar refractivity (Wildman–Crippen MR) is 84.5 cm³/mol. The number of hydrogen-bond donors (Lipinski definition) is 1. The highest BCUT2D eigenvalue weighted by Crippen LogP contribution is 2.28. The van der Waals surface area contributed by atoms with E-state index >= 15 is 0 Å². The first-order chi connectivity index (χ1) is 9.85. The van der Waals surface area contributed by atoms with Crippen molar-refractivity contribution in [2.24, 2.45) is 0 Å². The molecule has 2 aromatic rings. The lowest BCUT2D eigenvalue weighted by Gasteiger charge is -2.20. The molecule has 0 aliphatic carbocycles. The fourth-order valence-electron chi connectivity index (χ4n) is 1.73. The SMILES string of the molecule is CC(C)(C)NCc1ccc(Oc2cccc(Cl)c2F)cc1. The van der Waals surface area contributed by atoms with Crippen LogP contribution in [0.1, 0.15) is 26.3 Å². The number of benzene rings is 2. The highest BCUT2D eigenvalue weighted by atomic mass is 35.5. The van der Waals surface area contributed by atoms with Crippen LogP contribution in [-0.2, 0) is 6.54 Å². The van der Waals surface area contributed by atoms with Gasteiger partial charge in [0.25, 0.3) is 0 Å². The lowest BCUT2D eigenvalue weighted by Crippen LogP contribution is -2.34. The molecule has 2 nitrogen and oxygen atoms in total. The Hall–Kier alpha value is -1.58. The molecular weight excluding hydrogens is 289 g/mol. The first-order valence-electron chi connectivity index (χ1n) is 6.81. The molecule has 0 fully saturated rings. The van der Waals surface area contributed by atoms with E-state index < -0.39 is 5.82 Å². The van der Waals surface area contributed by atoms with Gasteiger partial charge in [0.15, 0.2) is 11.6 Å². The standard InChI is InChI=1S/C17H19ClFNO/c1-17(2,3)20-11-12-7-9-13(10-8-12)21-15-6-4-5-14(18)16(15)19/h4-10,20H,11H2,1-3H3. The van der Waals surface area contributed by atoms with Crippen LogP contribution in [0.4, 0.5) is 4.39 Å². The van der Waals surface area contributed by atoms with E-state index in [1.54, 1.807) is 12.1 Å². The van der Waals surface area contributed by atoms with Gasteiger partial charge in [-0.1, -0.05) is 29.8 Å². The van der Waals surface area contributed by atoms with Crippen molar-refractivity contribution in [3.05, 3.63) is 58.9 Å². The maximum atomic E-state index is 13.8. The van der Waals surface area contributed by atoms with Crippen LogP contribution in [0.5, 0.6) is 11.5 Å². The van der Waals surface area contributed by atoms with Crippen LogP contribution >= 0.6 is 11.6 Å². The normalized spacial score (nSPS) is 11.5. The van der Waals surface area contributed by atoms with E-state index in [4.69, 9.17) is 16.3 Å². The fourth-order valence-corrected chi connectivity index (χ4v) is 1.90. The molecule has 0 aliphatic rings. The Kier molecular flexibility index (Phi) is 4.86. The second kappa shape index (κ2) is 6.46. The minimum atomic E-state index is -0.544. The lowest BCUT2D eigenvalue weighted by atomic mass is 10.1. The Morgan fingerprint density at radius 1 is 1.10 bits per heavy atom. The van der Waals surface area contributed by atoms with Gasteiger partial charge < -0.3 is 10.1 Å². The predicted octanol–water partition coefficient (Wildman–Crippen LogP) is 5.16. The molecule has 0 unspecified atom stereocenters. The van der Waals surface area contributed by atoms with Gasteiger partial charge in [-0.25, -0.2) is 4.39 Å². The zero-order valence-corrected chi connectivity index (χ0v) is 13.2. The number of nitrogens with one attached hydrogen (secondary N) is 1. The van der Waals surface area contributed by atoms with Crippen molar-refractivity contribution in [2.45, 2.75) is 32.9 Å². The third kappa shape index (κ3) is 4.73. The highest BCUT2D eigenvalue weighted by molar-refractivity contribution is 6.30. The summed E-state index contributed by atoms with van der Waals surface area (Å²) in [5.41, 5.74) is 1.21. The van der Waals surface area contributed by atoms with Crippen LogP contribution in [-0.4, -0.2) is 5.54 Å². The summed E-state index contributed by atoms with van der Waals surface area (Å²) >= 11 is 5.73. The molecule has 0 saturated heterocycles. The molecule has 0 radical (unpaired) electrons. The topological polar surface area (TPSA) is 21.3 Å². The molecular formula is C17H19ClFNO. The first-order valence-corrected chi connectivity index (χ1v) is 7.19. The van der Waals surface area contributed by atoms with Crippen molar-refractivity contribution in [1.29, 1.82) is 0 Å².